The zero-order valence-electron chi connectivity index (χ0n) is 16.2. The van der Waals surface area contributed by atoms with Crippen LogP contribution in [0.5, 0.6) is 0 Å². The van der Waals surface area contributed by atoms with E-state index in [0.717, 1.165) is 12.0 Å². The number of aryl methyl sites for hydroxylation is 2. The number of amides is 1. The molecule has 0 aliphatic rings. The summed E-state index contributed by atoms with van der Waals surface area (Å²) in [6.07, 6.45) is 1.32. The molecule has 144 valence electrons. The van der Waals surface area contributed by atoms with E-state index in [-0.39, 0.29) is 5.91 Å². The Kier molecular flexibility index (Phi) is 6.39. The van der Waals surface area contributed by atoms with Crippen LogP contribution >= 0.6 is 0 Å². The Balaban J connectivity index is 2.42. The number of methoxy groups -OCH3 is 2. The Morgan fingerprint density at radius 1 is 1.07 bits per heavy atom. The molecule has 1 heterocycles. The van der Waals surface area contributed by atoms with Crippen LogP contribution in [0, 0.1) is 13.8 Å². The fourth-order valence-corrected chi connectivity index (χ4v) is 2.94. The number of aromatic amines is 1. The monoisotopic (exact) mass is 372 g/mol. The van der Waals surface area contributed by atoms with Crippen molar-refractivity contribution in [2.75, 3.05) is 19.5 Å². The average molecular weight is 372 g/mol. The lowest BCUT2D eigenvalue weighted by molar-refractivity contribution is 0.0590. The van der Waals surface area contributed by atoms with E-state index in [1.54, 1.807) is 25.1 Å². The van der Waals surface area contributed by atoms with E-state index >= 15 is 0 Å². The first kappa shape index (κ1) is 20.2. The fraction of sp³-hybridized carbons (Fsp3) is 0.350. The highest BCUT2D eigenvalue weighted by Gasteiger charge is 2.25. The first-order valence-electron chi connectivity index (χ1n) is 8.64. The van der Waals surface area contributed by atoms with Crippen molar-refractivity contribution in [2.45, 2.75) is 33.6 Å². The molecule has 0 saturated carbocycles. The quantitative estimate of drug-likeness (QED) is 0.757. The second-order valence-corrected chi connectivity index (χ2v) is 6.20. The van der Waals surface area contributed by atoms with Crippen molar-refractivity contribution in [3.8, 4) is 0 Å². The summed E-state index contributed by atoms with van der Waals surface area (Å²) in [7, 11) is 2.61. The van der Waals surface area contributed by atoms with Crippen molar-refractivity contribution >= 4 is 23.5 Å². The SMILES string of the molecule is CCCc1c(C(=O)Nc2cc(C(=O)OC)ccc2C)[nH]c(C)c1C(=O)OC. The van der Waals surface area contributed by atoms with Gasteiger partial charge in [0.25, 0.3) is 5.91 Å². The van der Waals surface area contributed by atoms with Crippen LogP contribution in [-0.2, 0) is 15.9 Å². The highest BCUT2D eigenvalue weighted by molar-refractivity contribution is 6.07. The largest absolute Gasteiger partial charge is 0.465 e. The summed E-state index contributed by atoms with van der Waals surface area (Å²) in [5.41, 5.74) is 3.55. The Morgan fingerprint density at radius 3 is 2.33 bits per heavy atom. The number of esters is 2. The zero-order valence-corrected chi connectivity index (χ0v) is 16.2. The Hall–Kier alpha value is -3.09. The van der Waals surface area contributed by atoms with E-state index in [9.17, 15) is 14.4 Å². The summed E-state index contributed by atoms with van der Waals surface area (Å²) < 4.78 is 9.57. The summed E-state index contributed by atoms with van der Waals surface area (Å²) >= 11 is 0. The third-order valence-electron chi connectivity index (χ3n) is 4.31. The molecular formula is C20H24N2O5. The lowest BCUT2D eigenvalue weighted by Crippen LogP contribution is -2.16. The molecule has 2 aromatic rings. The van der Waals surface area contributed by atoms with Crippen molar-refractivity contribution in [3.05, 3.63) is 51.8 Å². The van der Waals surface area contributed by atoms with E-state index in [1.807, 2.05) is 13.8 Å². The number of aromatic nitrogens is 1. The molecule has 0 aliphatic heterocycles. The number of H-pyrrole nitrogens is 1. The van der Waals surface area contributed by atoms with Crippen LogP contribution < -0.4 is 5.32 Å². The maximum atomic E-state index is 12.9. The molecule has 0 unspecified atom stereocenters. The van der Waals surface area contributed by atoms with Gasteiger partial charge in [-0.05, 0) is 43.5 Å². The van der Waals surface area contributed by atoms with Gasteiger partial charge in [0.05, 0.1) is 25.3 Å². The minimum absolute atomic E-state index is 0.317. The summed E-state index contributed by atoms with van der Waals surface area (Å²) in [5.74, 6) is -1.35. The number of rotatable bonds is 6. The number of hydrogen-bond acceptors (Lipinski definition) is 5. The molecule has 0 fully saturated rings. The van der Waals surface area contributed by atoms with Gasteiger partial charge in [-0.3, -0.25) is 4.79 Å². The van der Waals surface area contributed by atoms with Crippen LogP contribution in [0.15, 0.2) is 18.2 Å². The lowest BCUT2D eigenvalue weighted by atomic mass is 10.0. The molecule has 0 radical (unpaired) electrons. The van der Waals surface area contributed by atoms with E-state index in [2.05, 4.69) is 10.3 Å². The van der Waals surface area contributed by atoms with Gasteiger partial charge in [-0.1, -0.05) is 19.4 Å². The summed E-state index contributed by atoms with van der Waals surface area (Å²) in [6.45, 7) is 5.52. The molecule has 7 heteroatoms. The molecule has 2 rings (SSSR count). The van der Waals surface area contributed by atoms with Gasteiger partial charge >= 0.3 is 11.9 Å². The standard InChI is InChI=1S/C20H24N2O5/c1-6-7-14-16(20(25)27-5)12(3)21-17(14)18(23)22-15-10-13(19(24)26-4)9-8-11(15)2/h8-10,21H,6-7H2,1-5H3,(H,22,23). The van der Waals surface area contributed by atoms with Crippen molar-refractivity contribution in [3.63, 3.8) is 0 Å². The van der Waals surface area contributed by atoms with Crippen molar-refractivity contribution in [2.24, 2.45) is 0 Å². The molecule has 0 spiro atoms. The van der Waals surface area contributed by atoms with Crippen LogP contribution in [0.25, 0.3) is 0 Å². The predicted octanol–water partition coefficient (Wildman–Crippen LogP) is 3.41. The van der Waals surface area contributed by atoms with Crippen LogP contribution in [0.4, 0.5) is 5.69 Å². The second kappa shape index (κ2) is 8.53. The fourth-order valence-electron chi connectivity index (χ4n) is 2.94. The topological polar surface area (TPSA) is 97.5 Å². The van der Waals surface area contributed by atoms with Gasteiger partial charge in [-0.2, -0.15) is 0 Å². The van der Waals surface area contributed by atoms with Crippen LogP contribution in [-0.4, -0.2) is 37.0 Å². The van der Waals surface area contributed by atoms with E-state index < -0.39 is 11.9 Å². The number of nitrogens with one attached hydrogen (secondary N) is 2. The number of benzene rings is 1. The third-order valence-corrected chi connectivity index (χ3v) is 4.31. The van der Waals surface area contributed by atoms with Gasteiger partial charge in [-0.15, -0.1) is 0 Å². The Morgan fingerprint density at radius 2 is 1.74 bits per heavy atom. The molecule has 1 aromatic heterocycles. The average Bonchev–Trinajstić information content (AvgIpc) is 2.98. The first-order chi connectivity index (χ1) is 12.8. The third kappa shape index (κ3) is 4.19. The molecule has 1 aromatic carbocycles. The molecule has 7 nitrogen and oxygen atoms in total. The number of ether oxygens (including phenoxy) is 2. The van der Waals surface area contributed by atoms with Crippen LogP contribution in [0.1, 0.15) is 61.4 Å². The summed E-state index contributed by atoms with van der Waals surface area (Å²) in [5, 5.41) is 2.81. The predicted molar refractivity (Wildman–Crippen MR) is 101 cm³/mol. The minimum Gasteiger partial charge on any atom is -0.465 e. The first-order valence-corrected chi connectivity index (χ1v) is 8.64. The maximum absolute atomic E-state index is 12.9. The molecule has 0 bridgehead atoms. The molecule has 2 N–H and O–H groups in total. The normalized spacial score (nSPS) is 10.4. The van der Waals surface area contributed by atoms with Crippen molar-refractivity contribution in [1.82, 2.24) is 4.98 Å². The lowest BCUT2D eigenvalue weighted by Gasteiger charge is -2.11. The maximum Gasteiger partial charge on any atom is 0.339 e. The van der Waals surface area contributed by atoms with Gasteiger partial charge in [0.15, 0.2) is 0 Å². The zero-order chi connectivity index (χ0) is 20.1. The number of carbonyl (C=O) groups excluding carboxylic acids is 3. The highest BCUT2D eigenvalue weighted by Crippen LogP contribution is 2.24. The van der Waals surface area contributed by atoms with Gasteiger partial charge in [0.1, 0.15) is 5.69 Å². The second-order valence-electron chi connectivity index (χ2n) is 6.20. The van der Waals surface area contributed by atoms with Gasteiger partial charge < -0.3 is 19.8 Å². The van der Waals surface area contributed by atoms with Crippen LogP contribution in [0.2, 0.25) is 0 Å². The van der Waals surface area contributed by atoms with E-state index in [1.165, 1.54) is 14.2 Å². The van der Waals surface area contributed by atoms with Gasteiger partial charge in [0, 0.05) is 11.4 Å². The summed E-state index contributed by atoms with van der Waals surface area (Å²) in [4.78, 5) is 39.7. The van der Waals surface area contributed by atoms with Crippen molar-refractivity contribution < 1.29 is 23.9 Å². The molecular weight excluding hydrogens is 348 g/mol. The summed E-state index contributed by atoms with van der Waals surface area (Å²) in [6, 6.07) is 4.93. The Bertz CT molecular complexity index is 883. The van der Waals surface area contributed by atoms with E-state index in [4.69, 9.17) is 9.47 Å². The van der Waals surface area contributed by atoms with Crippen molar-refractivity contribution in [1.29, 1.82) is 0 Å². The van der Waals surface area contributed by atoms with E-state index in [0.29, 0.717) is 40.2 Å². The Labute approximate surface area is 158 Å². The number of carbonyl (C=O) groups is 3. The molecule has 0 saturated heterocycles. The van der Waals surface area contributed by atoms with Gasteiger partial charge in [-0.25, -0.2) is 9.59 Å². The molecule has 0 aliphatic carbocycles. The molecule has 0 atom stereocenters. The smallest absolute Gasteiger partial charge is 0.339 e. The van der Waals surface area contributed by atoms with Crippen LogP contribution in [0.3, 0.4) is 0 Å². The highest BCUT2D eigenvalue weighted by atomic mass is 16.5. The molecule has 27 heavy (non-hydrogen) atoms. The number of hydrogen-bond donors (Lipinski definition) is 2. The number of anilines is 1. The van der Waals surface area contributed by atoms with Gasteiger partial charge in [0.2, 0.25) is 0 Å². The molecule has 1 amide bonds. The minimum atomic E-state index is -0.485.